The van der Waals surface area contributed by atoms with Gasteiger partial charge in [0.1, 0.15) is 6.54 Å². The van der Waals surface area contributed by atoms with Crippen LogP contribution in [0.5, 0.6) is 0 Å². The van der Waals surface area contributed by atoms with Crippen molar-refractivity contribution < 1.29 is 13.2 Å². The molecular formula is C23H23ClN2O3S2. The van der Waals surface area contributed by atoms with Crippen LogP contribution in [0.3, 0.4) is 0 Å². The van der Waals surface area contributed by atoms with Crippen LogP contribution in [-0.2, 0) is 14.8 Å². The summed E-state index contributed by atoms with van der Waals surface area (Å²) in [6.45, 7) is 0.170. The molecule has 0 aliphatic heterocycles. The third kappa shape index (κ3) is 6.75. The molecule has 0 saturated carbocycles. The molecule has 0 radical (unpaired) electrons. The Morgan fingerprint density at radius 3 is 2.16 bits per heavy atom. The van der Waals surface area contributed by atoms with Crippen LogP contribution >= 0.6 is 23.4 Å². The monoisotopic (exact) mass is 474 g/mol. The minimum absolute atomic E-state index is 0.0767. The van der Waals surface area contributed by atoms with Gasteiger partial charge in [0, 0.05) is 16.5 Å². The molecule has 162 valence electrons. The number of nitrogens with one attached hydrogen (secondary N) is 1. The smallest absolute Gasteiger partial charge is 0.264 e. The Kier molecular flexibility index (Phi) is 8.40. The second kappa shape index (κ2) is 11.2. The number of benzene rings is 3. The van der Waals surface area contributed by atoms with Crippen molar-refractivity contribution >= 4 is 45.0 Å². The Labute approximate surface area is 192 Å². The molecule has 0 atom stereocenters. The largest absolute Gasteiger partial charge is 0.354 e. The van der Waals surface area contributed by atoms with Gasteiger partial charge in [-0.15, -0.1) is 11.8 Å². The quantitative estimate of drug-likeness (QED) is 0.337. The molecule has 0 bridgehead atoms. The molecule has 31 heavy (non-hydrogen) atoms. The molecule has 1 N–H and O–H groups in total. The lowest BCUT2D eigenvalue weighted by molar-refractivity contribution is -0.119. The first-order chi connectivity index (χ1) is 15.0. The predicted octanol–water partition coefficient (Wildman–Crippen LogP) is 4.83. The number of halogens is 1. The average molecular weight is 475 g/mol. The molecule has 0 fully saturated rings. The molecule has 3 rings (SSSR count). The zero-order valence-corrected chi connectivity index (χ0v) is 19.2. The molecule has 3 aromatic carbocycles. The van der Waals surface area contributed by atoms with Gasteiger partial charge in [0.2, 0.25) is 5.91 Å². The van der Waals surface area contributed by atoms with Gasteiger partial charge in [0.05, 0.1) is 10.6 Å². The van der Waals surface area contributed by atoms with E-state index in [0.717, 1.165) is 16.5 Å². The van der Waals surface area contributed by atoms with Crippen LogP contribution < -0.4 is 9.62 Å². The number of amides is 1. The first-order valence-corrected chi connectivity index (χ1v) is 12.5. The molecule has 0 aliphatic carbocycles. The number of nitrogens with zero attached hydrogens (tertiary/aromatic N) is 1. The number of sulfonamides is 1. The van der Waals surface area contributed by atoms with Crippen LogP contribution in [0.25, 0.3) is 0 Å². The van der Waals surface area contributed by atoms with E-state index in [-0.39, 0.29) is 17.3 Å². The maximum absolute atomic E-state index is 13.2. The fourth-order valence-electron chi connectivity index (χ4n) is 2.84. The molecule has 0 aliphatic rings. The van der Waals surface area contributed by atoms with Crippen LogP contribution in [0, 0.1) is 0 Å². The van der Waals surface area contributed by atoms with Crippen molar-refractivity contribution in [1.82, 2.24) is 5.32 Å². The number of anilines is 1. The molecule has 0 saturated heterocycles. The van der Waals surface area contributed by atoms with Crippen LogP contribution in [0.4, 0.5) is 5.69 Å². The molecule has 1 amide bonds. The summed E-state index contributed by atoms with van der Waals surface area (Å²) in [7, 11) is -3.93. The Morgan fingerprint density at radius 1 is 0.903 bits per heavy atom. The van der Waals surface area contributed by atoms with E-state index in [1.54, 1.807) is 42.1 Å². The van der Waals surface area contributed by atoms with E-state index in [2.05, 4.69) is 5.32 Å². The molecule has 0 aromatic heterocycles. The van der Waals surface area contributed by atoms with Gasteiger partial charge in [-0.05, 0) is 60.7 Å². The molecule has 5 nitrogen and oxygen atoms in total. The van der Waals surface area contributed by atoms with Crippen molar-refractivity contribution in [2.45, 2.75) is 16.2 Å². The highest BCUT2D eigenvalue weighted by atomic mass is 35.5. The van der Waals surface area contributed by atoms with Gasteiger partial charge in [-0.2, -0.15) is 0 Å². The van der Waals surface area contributed by atoms with E-state index in [4.69, 9.17) is 11.6 Å². The number of para-hydroxylation sites is 1. The topological polar surface area (TPSA) is 66.5 Å². The average Bonchev–Trinajstić information content (AvgIpc) is 2.79. The molecule has 0 heterocycles. The van der Waals surface area contributed by atoms with E-state index in [0.29, 0.717) is 17.3 Å². The number of thioether (sulfide) groups is 1. The summed E-state index contributed by atoms with van der Waals surface area (Å²) >= 11 is 7.61. The minimum Gasteiger partial charge on any atom is -0.354 e. The van der Waals surface area contributed by atoms with E-state index in [1.165, 1.54) is 29.2 Å². The van der Waals surface area contributed by atoms with Crippen molar-refractivity contribution in [3.63, 3.8) is 0 Å². The Hall–Kier alpha value is -2.48. The van der Waals surface area contributed by atoms with Crippen LogP contribution in [0.15, 0.2) is 94.7 Å². The highest BCUT2D eigenvalue weighted by Gasteiger charge is 2.27. The summed E-state index contributed by atoms with van der Waals surface area (Å²) < 4.78 is 27.5. The highest BCUT2D eigenvalue weighted by molar-refractivity contribution is 7.99. The molecule has 0 unspecified atom stereocenters. The van der Waals surface area contributed by atoms with Gasteiger partial charge in [-0.3, -0.25) is 9.10 Å². The summed E-state index contributed by atoms with van der Waals surface area (Å²) in [5, 5.41) is 3.26. The van der Waals surface area contributed by atoms with E-state index >= 15 is 0 Å². The van der Waals surface area contributed by atoms with Crippen LogP contribution in [0.1, 0.15) is 6.42 Å². The summed E-state index contributed by atoms with van der Waals surface area (Å²) in [5.74, 6) is 0.501. The lowest BCUT2D eigenvalue weighted by Gasteiger charge is -2.24. The maximum atomic E-state index is 13.2. The van der Waals surface area contributed by atoms with E-state index in [9.17, 15) is 13.2 Å². The van der Waals surface area contributed by atoms with Crippen molar-refractivity contribution in [3.05, 3.63) is 90.0 Å². The number of carbonyl (C=O) groups excluding carboxylic acids is 1. The Morgan fingerprint density at radius 2 is 1.52 bits per heavy atom. The lowest BCUT2D eigenvalue weighted by atomic mass is 10.3. The number of rotatable bonds is 10. The number of hydrogen-bond acceptors (Lipinski definition) is 4. The highest BCUT2D eigenvalue weighted by Crippen LogP contribution is 2.24. The summed E-state index contributed by atoms with van der Waals surface area (Å²) in [6.07, 6.45) is 0.778. The van der Waals surface area contributed by atoms with Crippen molar-refractivity contribution in [2.24, 2.45) is 0 Å². The number of hydrogen-bond donors (Lipinski definition) is 1. The molecular weight excluding hydrogens is 452 g/mol. The fraction of sp³-hybridized carbons (Fsp3) is 0.174. The lowest BCUT2D eigenvalue weighted by Crippen LogP contribution is -2.41. The molecule has 3 aromatic rings. The Bertz CT molecular complexity index is 1080. The van der Waals surface area contributed by atoms with Gasteiger partial charge in [-0.25, -0.2) is 8.42 Å². The maximum Gasteiger partial charge on any atom is 0.264 e. The van der Waals surface area contributed by atoms with Crippen LogP contribution in [0.2, 0.25) is 5.02 Å². The second-order valence-corrected chi connectivity index (χ2v) is 10.1. The van der Waals surface area contributed by atoms with Gasteiger partial charge in [0.25, 0.3) is 10.0 Å². The fourth-order valence-corrected chi connectivity index (χ4v) is 5.26. The summed E-state index contributed by atoms with van der Waals surface area (Å²) in [5.41, 5.74) is 0.423. The predicted molar refractivity (Wildman–Crippen MR) is 127 cm³/mol. The third-order valence-corrected chi connectivity index (χ3v) is 7.53. The van der Waals surface area contributed by atoms with Gasteiger partial charge < -0.3 is 5.32 Å². The third-order valence-electron chi connectivity index (χ3n) is 4.39. The van der Waals surface area contributed by atoms with Crippen molar-refractivity contribution in [1.29, 1.82) is 0 Å². The van der Waals surface area contributed by atoms with Gasteiger partial charge in [0.15, 0.2) is 0 Å². The van der Waals surface area contributed by atoms with Gasteiger partial charge >= 0.3 is 0 Å². The zero-order valence-electron chi connectivity index (χ0n) is 16.8. The Balaban J connectivity index is 1.62. The second-order valence-electron chi connectivity index (χ2n) is 6.67. The first kappa shape index (κ1) is 23.2. The van der Waals surface area contributed by atoms with Gasteiger partial charge in [-0.1, -0.05) is 48.0 Å². The zero-order chi connectivity index (χ0) is 22.1. The van der Waals surface area contributed by atoms with Crippen molar-refractivity contribution in [2.75, 3.05) is 23.1 Å². The van der Waals surface area contributed by atoms with E-state index in [1.807, 2.05) is 30.3 Å². The van der Waals surface area contributed by atoms with Crippen molar-refractivity contribution in [3.8, 4) is 0 Å². The summed E-state index contributed by atoms with van der Waals surface area (Å²) in [4.78, 5) is 13.8. The molecule has 0 spiro atoms. The minimum atomic E-state index is -3.93. The standard InChI is InChI=1S/C23H23ClN2O3S2/c24-19-12-14-22(15-13-19)31(28,29)26(20-8-3-1-4-9-20)18-23(27)25-16-7-17-30-21-10-5-2-6-11-21/h1-6,8-15H,7,16-18H2,(H,25,27). The normalized spacial score (nSPS) is 11.1. The summed E-state index contributed by atoms with van der Waals surface area (Å²) in [6, 6.07) is 24.5. The molecule has 8 heteroatoms. The van der Waals surface area contributed by atoms with Crippen LogP contribution in [-0.4, -0.2) is 33.2 Å². The van der Waals surface area contributed by atoms with E-state index < -0.39 is 10.0 Å². The first-order valence-electron chi connectivity index (χ1n) is 9.75. The number of carbonyl (C=O) groups is 1. The SMILES string of the molecule is O=C(CN(c1ccccc1)S(=O)(=O)c1ccc(Cl)cc1)NCCCSc1ccccc1.